The summed E-state index contributed by atoms with van der Waals surface area (Å²) in [6.45, 7) is -1.64. The average molecular weight is 330 g/mol. The summed E-state index contributed by atoms with van der Waals surface area (Å²) in [6.07, 6.45) is -0.568. The van der Waals surface area contributed by atoms with Gasteiger partial charge in [0.1, 0.15) is 21.9 Å². The van der Waals surface area contributed by atoms with Crippen LogP contribution in [0.15, 0.2) is 36.1 Å². The van der Waals surface area contributed by atoms with Crippen molar-refractivity contribution >= 4 is 37.1 Å². The van der Waals surface area contributed by atoms with Crippen LogP contribution in [0.1, 0.15) is 5.56 Å². The van der Waals surface area contributed by atoms with Crippen LogP contribution in [0.3, 0.4) is 0 Å². The molecule has 0 spiro atoms. The Morgan fingerprint density at radius 3 is 2.14 bits per heavy atom. The Balaban J connectivity index is 3.21. The number of aliphatic hydroxyl groups excluding tert-OH is 4. The molecule has 0 aliphatic heterocycles. The van der Waals surface area contributed by atoms with Crippen LogP contribution >= 0.6 is 25.3 Å². The van der Waals surface area contributed by atoms with Crippen LogP contribution in [-0.4, -0.2) is 50.1 Å². The number of hydrogen-bond donors (Lipinski definition) is 6. The van der Waals surface area contributed by atoms with Gasteiger partial charge in [-0.25, -0.2) is 0 Å². The number of thiol groups is 2. The minimum absolute atomic E-state index is 0.498. The normalized spacial score (nSPS) is 14.3. The highest BCUT2D eigenvalue weighted by molar-refractivity contribution is 8.00. The first-order valence-electron chi connectivity index (χ1n) is 6.15. The first-order valence-corrected chi connectivity index (χ1v) is 7.18. The molecule has 1 rings (SSSR count). The molecule has 1 aromatic rings. The lowest BCUT2D eigenvalue weighted by Gasteiger charge is -2.33. The molecule has 1 unspecified atom stereocenters. The molecule has 21 heavy (non-hydrogen) atoms. The number of carbonyl (C=O) groups excluding carboxylic acids is 1. The van der Waals surface area contributed by atoms with Crippen LogP contribution in [0, 0.1) is 5.41 Å². The first-order chi connectivity index (χ1) is 9.89. The van der Waals surface area contributed by atoms with E-state index in [2.05, 4.69) is 25.3 Å². The predicted molar refractivity (Wildman–Crippen MR) is 86.4 cm³/mol. The maximum Gasteiger partial charge on any atom is 0.184 e. The highest BCUT2D eigenvalue weighted by Crippen LogP contribution is 2.32. The molecule has 116 valence electrons. The lowest BCUT2D eigenvalue weighted by atomic mass is 9.79. The van der Waals surface area contributed by atoms with Crippen molar-refractivity contribution in [3.8, 4) is 0 Å². The van der Waals surface area contributed by atoms with Gasteiger partial charge in [0.15, 0.2) is 5.78 Å². The van der Waals surface area contributed by atoms with Crippen LogP contribution in [0.4, 0.5) is 0 Å². The molecular formula is C14H18O5S2. The molecule has 0 fully saturated rings. The summed E-state index contributed by atoms with van der Waals surface area (Å²) in [7, 11) is 0. The van der Waals surface area contributed by atoms with Crippen molar-refractivity contribution in [1.29, 1.82) is 0 Å². The van der Waals surface area contributed by atoms with Gasteiger partial charge in [0.25, 0.3) is 0 Å². The van der Waals surface area contributed by atoms with Crippen molar-refractivity contribution in [2.24, 2.45) is 5.41 Å². The monoisotopic (exact) mass is 330 g/mol. The molecule has 7 heteroatoms. The fraction of sp³-hybridized carbons (Fsp3) is 0.357. The Kier molecular flexibility index (Phi) is 6.76. The van der Waals surface area contributed by atoms with Gasteiger partial charge in [0.2, 0.25) is 0 Å². The van der Waals surface area contributed by atoms with Gasteiger partial charge in [-0.3, -0.25) is 4.79 Å². The highest BCUT2D eigenvalue weighted by atomic mass is 32.2. The van der Waals surface area contributed by atoms with Crippen LogP contribution in [0.5, 0.6) is 0 Å². The minimum Gasteiger partial charge on any atom is -0.511 e. The van der Waals surface area contributed by atoms with Gasteiger partial charge in [-0.15, -0.1) is 0 Å². The van der Waals surface area contributed by atoms with Crippen molar-refractivity contribution in [2.45, 2.75) is 10.7 Å². The lowest BCUT2D eigenvalue weighted by Crippen LogP contribution is -2.49. The third kappa shape index (κ3) is 4.02. The Bertz CT molecular complexity index is 497. The zero-order chi connectivity index (χ0) is 16.0. The van der Waals surface area contributed by atoms with Crippen molar-refractivity contribution < 1.29 is 25.2 Å². The third-order valence-corrected chi connectivity index (χ3v) is 3.73. The Hall–Kier alpha value is -0.990. The van der Waals surface area contributed by atoms with E-state index in [4.69, 9.17) is 0 Å². The topological polar surface area (TPSA) is 98.0 Å². The molecule has 1 aromatic carbocycles. The van der Waals surface area contributed by atoms with Crippen LogP contribution in [0.25, 0.3) is 6.08 Å². The number of Topliss-reactive ketones (excluding diaryl/α,β-unsaturated/α-hetero) is 1. The van der Waals surface area contributed by atoms with E-state index in [1.165, 1.54) is 6.08 Å². The number of ketones is 1. The summed E-state index contributed by atoms with van der Waals surface area (Å²) in [4.78, 5) is 11.8. The Labute approximate surface area is 133 Å². The fourth-order valence-electron chi connectivity index (χ4n) is 1.79. The number of benzene rings is 1. The Morgan fingerprint density at radius 2 is 1.71 bits per heavy atom. The van der Waals surface area contributed by atoms with Gasteiger partial charge >= 0.3 is 0 Å². The highest BCUT2D eigenvalue weighted by Gasteiger charge is 2.46. The van der Waals surface area contributed by atoms with E-state index < -0.39 is 40.9 Å². The van der Waals surface area contributed by atoms with E-state index in [1.807, 2.05) is 0 Å². The van der Waals surface area contributed by atoms with Crippen molar-refractivity contribution in [2.75, 3.05) is 13.2 Å². The molecule has 0 aromatic heterocycles. The molecule has 1 atom stereocenters. The molecule has 0 radical (unpaired) electrons. The molecule has 5 nitrogen and oxygen atoms in total. The zero-order valence-electron chi connectivity index (χ0n) is 11.1. The second-order valence-electron chi connectivity index (χ2n) is 4.59. The predicted octanol–water partition coefficient (Wildman–Crippen LogP) is 0.672. The molecule has 0 heterocycles. The fourth-order valence-corrected chi connectivity index (χ4v) is 2.07. The van der Waals surface area contributed by atoms with Crippen molar-refractivity contribution in [1.82, 2.24) is 0 Å². The molecule has 4 N–H and O–H groups in total. The first kappa shape index (κ1) is 18.1. The van der Waals surface area contributed by atoms with Gasteiger partial charge in [-0.05, 0) is 11.6 Å². The second kappa shape index (κ2) is 7.86. The smallest absolute Gasteiger partial charge is 0.184 e. The zero-order valence-corrected chi connectivity index (χ0v) is 12.9. The third-order valence-electron chi connectivity index (χ3n) is 3.22. The summed E-state index contributed by atoms with van der Waals surface area (Å²) in [5, 5.41) is 39.3. The maximum absolute atomic E-state index is 11.8. The van der Waals surface area contributed by atoms with E-state index in [0.717, 1.165) is 0 Å². The summed E-state index contributed by atoms with van der Waals surface area (Å²) >= 11 is 7.60. The quantitative estimate of drug-likeness (QED) is 0.251. The van der Waals surface area contributed by atoms with E-state index in [1.54, 1.807) is 30.3 Å². The van der Waals surface area contributed by atoms with Gasteiger partial charge < -0.3 is 20.4 Å². The van der Waals surface area contributed by atoms with E-state index in [-0.39, 0.29) is 0 Å². The van der Waals surface area contributed by atoms with Gasteiger partial charge in [0.05, 0.1) is 13.2 Å². The number of hydrogen-bond acceptors (Lipinski definition) is 7. The maximum atomic E-state index is 11.8. The second-order valence-corrected chi connectivity index (χ2v) is 6.03. The van der Waals surface area contributed by atoms with E-state index in [0.29, 0.717) is 5.56 Å². The molecule has 0 saturated heterocycles. The summed E-state index contributed by atoms with van der Waals surface area (Å²) in [5.74, 6) is -1.32. The molecule has 0 bridgehead atoms. The van der Waals surface area contributed by atoms with Crippen LogP contribution < -0.4 is 0 Å². The van der Waals surface area contributed by atoms with Crippen LogP contribution in [-0.2, 0) is 4.79 Å². The number of carbonyl (C=O) groups is 1. The average Bonchev–Trinajstić information content (AvgIpc) is 2.49. The molecular weight excluding hydrogens is 312 g/mol. The van der Waals surface area contributed by atoms with Crippen molar-refractivity contribution in [3.05, 3.63) is 41.7 Å². The molecule has 0 saturated carbocycles. The summed E-state index contributed by atoms with van der Waals surface area (Å²) in [5.41, 5.74) is -1.31. The van der Waals surface area contributed by atoms with Gasteiger partial charge in [-0.2, -0.15) is 25.3 Å². The summed E-state index contributed by atoms with van der Waals surface area (Å²) in [6, 6.07) is 8.62. The Morgan fingerprint density at radius 1 is 1.19 bits per heavy atom. The van der Waals surface area contributed by atoms with E-state index in [9.17, 15) is 25.2 Å². The van der Waals surface area contributed by atoms with Gasteiger partial charge in [-0.1, -0.05) is 30.3 Å². The van der Waals surface area contributed by atoms with E-state index >= 15 is 0 Å². The number of rotatable bonds is 7. The van der Waals surface area contributed by atoms with Crippen LogP contribution in [0.2, 0.25) is 0 Å². The number of aliphatic hydroxyl groups is 4. The molecule has 0 amide bonds. The van der Waals surface area contributed by atoms with Gasteiger partial charge in [0, 0.05) is 0 Å². The standard InChI is InChI=1S/C14H18O5S2/c15-7-14(8-16,12(19)11(18)13(20)21)10(17)6-9-4-2-1-3-5-9/h1-6,12-13,15-17,19-21H,7-8H2. The molecule has 0 aliphatic carbocycles. The molecule has 0 aliphatic rings. The van der Waals surface area contributed by atoms with Crippen molar-refractivity contribution in [3.63, 3.8) is 0 Å². The summed E-state index contributed by atoms with van der Waals surface area (Å²) < 4.78 is -1.10. The minimum atomic E-state index is -1.91. The lowest BCUT2D eigenvalue weighted by molar-refractivity contribution is -0.137. The SMILES string of the molecule is O=C(C(S)S)C(O)C(CO)(CO)C(O)=Cc1ccccc1. The largest absolute Gasteiger partial charge is 0.511 e.